The first kappa shape index (κ1) is 10.4. The molecular weight excluding hydrogens is 180 g/mol. The van der Waals surface area contributed by atoms with Crippen molar-refractivity contribution in [1.82, 2.24) is 0 Å². The second kappa shape index (κ2) is 4.56. The quantitative estimate of drug-likeness (QED) is 0.752. The Kier molecular flexibility index (Phi) is 3.40. The molecule has 0 heterocycles. The molecule has 0 saturated heterocycles. The van der Waals surface area contributed by atoms with Crippen molar-refractivity contribution >= 4 is 5.76 Å². The van der Waals surface area contributed by atoms with Crippen LogP contribution in [0.1, 0.15) is 12.5 Å². The molecule has 0 aliphatic rings. The molecule has 3 heteroatoms. The highest BCUT2D eigenvalue weighted by molar-refractivity contribution is 5.67. The lowest BCUT2D eigenvalue weighted by molar-refractivity contribution is 0.352. The molecule has 0 spiro atoms. The van der Waals surface area contributed by atoms with Crippen molar-refractivity contribution in [3.63, 3.8) is 0 Å². The Hall–Kier alpha value is -1.64. The van der Waals surface area contributed by atoms with E-state index in [1.165, 1.54) is 0 Å². The van der Waals surface area contributed by atoms with Gasteiger partial charge in [0.1, 0.15) is 5.76 Å². The van der Waals surface area contributed by atoms with Crippen LogP contribution in [0.2, 0.25) is 0 Å². The molecule has 3 nitrogen and oxygen atoms in total. The minimum absolute atomic E-state index is 0.181. The summed E-state index contributed by atoms with van der Waals surface area (Å²) in [6.07, 6.45) is 1.61. The number of hydrogen-bond donors (Lipinski definition) is 1. The van der Waals surface area contributed by atoms with Gasteiger partial charge in [-0.25, -0.2) is 0 Å². The van der Waals surface area contributed by atoms with E-state index in [4.69, 9.17) is 9.47 Å². The molecule has 76 valence electrons. The minimum Gasteiger partial charge on any atom is -0.508 e. The highest BCUT2D eigenvalue weighted by atomic mass is 16.5. The summed E-state index contributed by atoms with van der Waals surface area (Å²) in [6.45, 7) is 1.76. The van der Waals surface area contributed by atoms with E-state index in [0.29, 0.717) is 17.1 Å². The Morgan fingerprint density at radius 2 is 2.00 bits per heavy atom. The van der Waals surface area contributed by atoms with Crippen LogP contribution < -0.4 is 9.47 Å². The summed E-state index contributed by atoms with van der Waals surface area (Å²) in [6, 6.07) is 5.36. The zero-order valence-electron chi connectivity index (χ0n) is 8.57. The van der Waals surface area contributed by atoms with Gasteiger partial charge in [0.05, 0.1) is 19.8 Å². The SMILES string of the molecule is CC=C(O)c1cccc(OC)c1OC. The van der Waals surface area contributed by atoms with Gasteiger partial charge in [-0.3, -0.25) is 0 Å². The molecule has 0 amide bonds. The smallest absolute Gasteiger partial charge is 0.171 e. The van der Waals surface area contributed by atoms with Gasteiger partial charge < -0.3 is 14.6 Å². The van der Waals surface area contributed by atoms with Crippen LogP contribution in [0.15, 0.2) is 24.3 Å². The largest absolute Gasteiger partial charge is 0.508 e. The number of hydrogen-bond acceptors (Lipinski definition) is 3. The minimum atomic E-state index is 0.181. The number of aliphatic hydroxyl groups is 1. The fraction of sp³-hybridized carbons (Fsp3) is 0.273. The normalized spacial score (nSPS) is 11.2. The Bertz CT molecular complexity index is 342. The van der Waals surface area contributed by atoms with Crippen molar-refractivity contribution < 1.29 is 14.6 Å². The lowest BCUT2D eigenvalue weighted by Gasteiger charge is -2.11. The van der Waals surface area contributed by atoms with Gasteiger partial charge in [0.25, 0.3) is 0 Å². The number of aliphatic hydroxyl groups excluding tert-OH is 1. The summed E-state index contributed by atoms with van der Waals surface area (Å²) in [5, 5.41) is 9.59. The molecule has 0 radical (unpaired) electrons. The highest BCUT2D eigenvalue weighted by Crippen LogP contribution is 2.33. The van der Waals surface area contributed by atoms with Gasteiger partial charge in [-0.1, -0.05) is 6.07 Å². The van der Waals surface area contributed by atoms with Crippen molar-refractivity contribution in [2.45, 2.75) is 6.92 Å². The number of benzene rings is 1. The van der Waals surface area contributed by atoms with Crippen LogP contribution in [0.3, 0.4) is 0 Å². The zero-order valence-corrected chi connectivity index (χ0v) is 8.57. The van der Waals surface area contributed by atoms with Gasteiger partial charge in [-0.2, -0.15) is 0 Å². The summed E-state index contributed by atoms with van der Waals surface area (Å²) < 4.78 is 10.3. The van der Waals surface area contributed by atoms with E-state index in [0.717, 1.165) is 0 Å². The standard InChI is InChI=1S/C11H14O3/c1-4-9(12)8-6-5-7-10(13-2)11(8)14-3/h4-7,12H,1-3H3. The molecule has 0 aliphatic heterocycles. The molecular formula is C11H14O3. The highest BCUT2D eigenvalue weighted by Gasteiger charge is 2.11. The van der Waals surface area contributed by atoms with E-state index in [9.17, 15) is 5.11 Å². The molecule has 1 rings (SSSR count). The van der Waals surface area contributed by atoms with Crippen LogP contribution in [0.25, 0.3) is 5.76 Å². The van der Waals surface area contributed by atoms with Gasteiger partial charge in [0.15, 0.2) is 11.5 Å². The van der Waals surface area contributed by atoms with Crippen molar-refractivity contribution in [3.05, 3.63) is 29.8 Å². The number of ether oxygens (including phenoxy) is 2. The van der Waals surface area contributed by atoms with Crippen LogP contribution in [-0.2, 0) is 0 Å². The predicted molar refractivity (Wildman–Crippen MR) is 55.8 cm³/mol. The maximum atomic E-state index is 9.59. The molecule has 1 aromatic rings. The Balaban J connectivity index is 3.29. The molecule has 14 heavy (non-hydrogen) atoms. The summed E-state index contributed by atoms with van der Waals surface area (Å²) in [5.74, 6) is 1.34. The third-order valence-corrected chi connectivity index (χ3v) is 1.95. The molecule has 0 aliphatic carbocycles. The van der Waals surface area contributed by atoms with E-state index in [1.807, 2.05) is 0 Å². The summed E-state index contributed by atoms with van der Waals surface area (Å²) in [5.41, 5.74) is 0.634. The molecule has 0 unspecified atom stereocenters. The molecule has 0 aromatic heterocycles. The number of allylic oxidation sites excluding steroid dienone is 1. The second-order valence-corrected chi connectivity index (χ2v) is 2.71. The first-order valence-corrected chi connectivity index (χ1v) is 4.31. The van der Waals surface area contributed by atoms with Crippen molar-refractivity contribution in [2.24, 2.45) is 0 Å². The lowest BCUT2D eigenvalue weighted by Crippen LogP contribution is -1.95. The van der Waals surface area contributed by atoms with E-state index in [-0.39, 0.29) is 5.76 Å². The van der Waals surface area contributed by atoms with Crippen LogP contribution >= 0.6 is 0 Å². The molecule has 1 aromatic carbocycles. The summed E-state index contributed by atoms with van der Waals surface area (Å²) >= 11 is 0. The van der Waals surface area contributed by atoms with Crippen molar-refractivity contribution in [2.75, 3.05) is 14.2 Å². The van der Waals surface area contributed by atoms with E-state index in [2.05, 4.69) is 0 Å². The zero-order chi connectivity index (χ0) is 10.6. The first-order valence-electron chi connectivity index (χ1n) is 4.31. The van der Waals surface area contributed by atoms with Crippen LogP contribution in [0, 0.1) is 0 Å². The van der Waals surface area contributed by atoms with Crippen LogP contribution in [0.5, 0.6) is 11.5 Å². The number of methoxy groups -OCH3 is 2. The fourth-order valence-corrected chi connectivity index (χ4v) is 1.24. The maximum Gasteiger partial charge on any atom is 0.171 e. The van der Waals surface area contributed by atoms with Gasteiger partial charge in [-0.15, -0.1) is 0 Å². The monoisotopic (exact) mass is 194 g/mol. The summed E-state index contributed by atoms with van der Waals surface area (Å²) in [7, 11) is 3.11. The molecule has 1 N–H and O–H groups in total. The molecule has 0 bridgehead atoms. The van der Waals surface area contributed by atoms with Crippen LogP contribution in [-0.4, -0.2) is 19.3 Å². The second-order valence-electron chi connectivity index (χ2n) is 2.71. The third kappa shape index (κ3) is 1.82. The topological polar surface area (TPSA) is 38.7 Å². The fourth-order valence-electron chi connectivity index (χ4n) is 1.24. The van der Waals surface area contributed by atoms with Gasteiger partial charge >= 0.3 is 0 Å². The van der Waals surface area contributed by atoms with E-state index >= 15 is 0 Å². The van der Waals surface area contributed by atoms with E-state index < -0.39 is 0 Å². The molecule has 0 atom stereocenters. The number of para-hydroxylation sites is 1. The molecule has 0 fully saturated rings. The molecule has 0 saturated carbocycles. The van der Waals surface area contributed by atoms with Gasteiger partial charge in [0.2, 0.25) is 0 Å². The average Bonchev–Trinajstić information content (AvgIpc) is 2.26. The Labute approximate surface area is 83.6 Å². The summed E-state index contributed by atoms with van der Waals surface area (Å²) in [4.78, 5) is 0. The number of rotatable bonds is 3. The van der Waals surface area contributed by atoms with Gasteiger partial charge in [-0.05, 0) is 25.1 Å². The predicted octanol–water partition coefficient (Wildman–Crippen LogP) is 2.62. The third-order valence-electron chi connectivity index (χ3n) is 1.95. The first-order chi connectivity index (χ1) is 6.74. The van der Waals surface area contributed by atoms with E-state index in [1.54, 1.807) is 45.4 Å². The van der Waals surface area contributed by atoms with Crippen molar-refractivity contribution in [1.29, 1.82) is 0 Å². The Morgan fingerprint density at radius 3 is 2.50 bits per heavy atom. The average molecular weight is 194 g/mol. The lowest BCUT2D eigenvalue weighted by atomic mass is 10.1. The maximum absolute atomic E-state index is 9.59. The Morgan fingerprint density at radius 1 is 1.29 bits per heavy atom. The van der Waals surface area contributed by atoms with Crippen LogP contribution in [0.4, 0.5) is 0 Å². The van der Waals surface area contributed by atoms with Gasteiger partial charge in [0, 0.05) is 0 Å². The van der Waals surface area contributed by atoms with Crippen molar-refractivity contribution in [3.8, 4) is 11.5 Å².